The lowest BCUT2D eigenvalue weighted by molar-refractivity contribution is -0.112. The molecule has 0 radical (unpaired) electrons. The van der Waals surface area contributed by atoms with Gasteiger partial charge in [-0.15, -0.1) is 0 Å². The third-order valence-electron chi connectivity index (χ3n) is 2.39. The van der Waals surface area contributed by atoms with Crippen LogP contribution in [0.4, 0.5) is 0 Å². The number of hydrogen-bond acceptors (Lipinski definition) is 3. The molecule has 0 heterocycles. The summed E-state index contributed by atoms with van der Waals surface area (Å²) in [6.07, 6.45) is 2.96. The maximum absolute atomic E-state index is 12.6. The number of rotatable bonds is 7. The molecule has 3 nitrogen and oxygen atoms in total. The molecule has 0 aliphatic heterocycles. The Hall–Kier alpha value is -1.34. The maximum atomic E-state index is 12.6. The molecule has 0 amide bonds. The van der Waals surface area contributed by atoms with Gasteiger partial charge in [0.05, 0.1) is 11.6 Å². The first-order chi connectivity index (χ1) is 8.15. The molecule has 1 unspecified atom stereocenters. The largest absolute Gasteiger partial charge is 0.444 e. The lowest BCUT2D eigenvalue weighted by Crippen LogP contribution is -2.13. The minimum absolute atomic E-state index is 0.274. The Kier molecular flexibility index (Phi) is 5.17. The molecule has 1 aromatic rings. The molecular formula is C13H17O3P. The first-order valence-electron chi connectivity index (χ1n) is 5.63. The van der Waals surface area contributed by atoms with Crippen molar-refractivity contribution in [3.8, 4) is 0 Å². The zero-order valence-corrected chi connectivity index (χ0v) is 10.9. The Morgan fingerprint density at radius 2 is 2.06 bits per heavy atom. The van der Waals surface area contributed by atoms with Crippen molar-refractivity contribution in [3.63, 3.8) is 0 Å². The minimum atomic E-state index is -3.45. The fraction of sp³-hybridized carbons (Fsp3) is 0.308. The molecule has 0 spiro atoms. The minimum Gasteiger partial charge on any atom is -0.444 e. The maximum Gasteiger partial charge on any atom is 0.340 e. The van der Waals surface area contributed by atoms with Crippen molar-refractivity contribution in [1.29, 1.82) is 0 Å². The van der Waals surface area contributed by atoms with E-state index in [1.165, 1.54) is 0 Å². The van der Waals surface area contributed by atoms with E-state index in [1.807, 2.05) is 6.92 Å². The van der Waals surface area contributed by atoms with Crippen LogP contribution in [-0.2, 0) is 13.9 Å². The summed E-state index contributed by atoms with van der Waals surface area (Å²) in [6.45, 7) is 5.37. The molecule has 4 heteroatoms. The molecule has 0 saturated heterocycles. The van der Waals surface area contributed by atoms with Crippen molar-refractivity contribution >= 4 is 18.2 Å². The molecule has 17 heavy (non-hydrogen) atoms. The van der Waals surface area contributed by atoms with Crippen LogP contribution in [0.25, 0.3) is 0 Å². The molecule has 0 saturated carbocycles. The van der Waals surface area contributed by atoms with Crippen LogP contribution in [-0.4, -0.2) is 5.52 Å². The van der Waals surface area contributed by atoms with Crippen molar-refractivity contribution in [2.75, 3.05) is 0 Å². The molecular weight excluding hydrogens is 235 g/mol. The van der Waals surface area contributed by atoms with E-state index in [0.29, 0.717) is 5.30 Å². The Bertz CT molecular complexity index is 426. The Morgan fingerprint density at radius 1 is 1.41 bits per heavy atom. The first-order valence-corrected chi connectivity index (χ1v) is 7.26. The molecule has 0 aliphatic rings. The summed E-state index contributed by atoms with van der Waals surface area (Å²) in [7, 11) is -3.45. The second-order valence-electron chi connectivity index (χ2n) is 3.66. The predicted molar refractivity (Wildman–Crippen MR) is 69.5 cm³/mol. The molecule has 0 fully saturated rings. The fourth-order valence-electron chi connectivity index (χ4n) is 1.47. The summed E-state index contributed by atoms with van der Waals surface area (Å²) in [5, 5.41) is 0.431. The molecule has 92 valence electrons. The Labute approximate surface area is 102 Å². The third kappa shape index (κ3) is 3.31. The van der Waals surface area contributed by atoms with Gasteiger partial charge in [-0.3, -0.25) is 9.36 Å². The van der Waals surface area contributed by atoms with Crippen molar-refractivity contribution < 1.29 is 13.9 Å². The number of unbranched alkanes of at least 4 members (excludes halogenated alkanes) is 1. The quantitative estimate of drug-likeness (QED) is 0.551. The number of carbonyl (C=O) groups is 1. The lowest BCUT2D eigenvalue weighted by Gasteiger charge is -2.15. The van der Waals surface area contributed by atoms with Gasteiger partial charge in [-0.1, -0.05) is 38.1 Å². The van der Waals surface area contributed by atoms with Gasteiger partial charge in [-0.05, 0) is 18.6 Å². The van der Waals surface area contributed by atoms with E-state index >= 15 is 0 Å². The molecule has 0 aliphatic carbocycles. The molecule has 1 atom stereocenters. The van der Waals surface area contributed by atoms with Gasteiger partial charge >= 0.3 is 7.37 Å². The number of hydrogen-bond donors (Lipinski definition) is 0. The third-order valence-corrected chi connectivity index (χ3v) is 4.70. The van der Waals surface area contributed by atoms with Gasteiger partial charge in [0.15, 0.2) is 0 Å². The van der Waals surface area contributed by atoms with Gasteiger partial charge < -0.3 is 4.52 Å². The fourth-order valence-corrected chi connectivity index (χ4v) is 3.22. The van der Waals surface area contributed by atoms with Crippen LogP contribution in [0.1, 0.15) is 26.2 Å². The van der Waals surface area contributed by atoms with Crippen molar-refractivity contribution in [1.82, 2.24) is 0 Å². The monoisotopic (exact) mass is 252 g/mol. The van der Waals surface area contributed by atoms with E-state index in [9.17, 15) is 9.36 Å². The van der Waals surface area contributed by atoms with Gasteiger partial charge in [0.1, 0.15) is 0 Å². The van der Waals surface area contributed by atoms with Crippen molar-refractivity contribution in [2.24, 2.45) is 0 Å². The number of benzene rings is 1. The highest BCUT2D eigenvalue weighted by Gasteiger charge is 2.34. The van der Waals surface area contributed by atoms with E-state index < -0.39 is 7.37 Å². The Balaban J connectivity index is 3.01. The topological polar surface area (TPSA) is 43.4 Å². The summed E-state index contributed by atoms with van der Waals surface area (Å²) in [5.41, 5.74) is -0.342. The average Bonchev–Trinajstić information content (AvgIpc) is 2.37. The number of carbonyl (C=O) groups excluding carboxylic acids is 1. The van der Waals surface area contributed by atoms with Gasteiger partial charge in [0, 0.05) is 6.42 Å². The highest BCUT2D eigenvalue weighted by molar-refractivity contribution is 7.82. The highest BCUT2D eigenvalue weighted by atomic mass is 31.2. The van der Waals surface area contributed by atoms with Crippen molar-refractivity contribution in [3.05, 3.63) is 43.2 Å². The van der Waals surface area contributed by atoms with Gasteiger partial charge in [-0.2, -0.15) is 0 Å². The second kappa shape index (κ2) is 6.41. The molecule has 1 rings (SSSR count). The molecule has 0 aromatic heterocycles. The van der Waals surface area contributed by atoms with Gasteiger partial charge in [0.2, 0.25) is 5.52 Å². The summed E-state index contributed by atoms with van der Waals surface area (Å²) in [4.78, 5) is 12.0. The predicted octanol–water partition coefficient (Wildman–Crippen LogP) is 3.47. The Morgan fingerprint density at radius 3 is 2.59 bits per heavy atom. The standard InChI is InChI=1S/C13H17O3P/c1-3-5-11-13(14)17(15,16-4-2)12-9-7-6-8-10-12/h4,6-10H,2-3,5,11H2,1H3. The van der Waals surface area contributed by atoms with Crippen LogP contribution >= 0.6 is 7.37 Å². The van der Waals surface area contributed by atoms with Crippen LogP contribution in [0.5, 0.6) is 0 Å². The zero-order valence-electron chi connectivity index (χ0n) is 9.96. The second-order valence-corrected chi connectivity index (χ2v) is 5.99. The average molecular weight is 252 g/mol. The van der Waals surface area contributed by atoms with Gasteiger partial charge in [-0.25, -0.2) is 0 Å². The molecule has 0 bridgehead atoms. The zero-order chi connectivity index (χ0) is 12.7. The molecule has 0 N–H and O–H groups in total. The van der Waals surface area contributed by atoms with E-state index in [-0.39, 0.29) is 11.9 Å². The normalized spacial score (nSPS) is 13.7. The first kappa shape index (κ1) is 13.7. The van der Waals surface area contributed by atoms with Crippen molar-refractivity contribution in [2.45, 2.75) is 26.2 Å². The summed E-state index contributed by atoms with van der Waals surface area (Å²) in [5.74, 6) is 0. The van der Waals surface area contributed by atoms with Crippen LogP contribution in [0.15, 0.2) is 43.2 Å². The van der Waals surface area contributed by atoms with Gasteiger partial charge in [0.25, 0.3) is 0 Å². The van der Waals surface area contributed by atoms with Crippen LogP contribution in [0.3, 0.4) is 0 Å². The van der Waals surface area contributed by atoms with E-state index in [2.05, 4.69) is 6.58 Å². The van der Waals surface area contributed by atoms with E-state index in [1.54, 1.807) is 30.3 Å². The van der Waals surface area contributed by atoms with E-state index in [0.717, 1.165) is 19.1 Å². The van der Waals surface area contributed by atoms with Crippen LogP contribution in [0.2, 0.25) is 0 Å². The van der Waals surface area contributed by atoms with Crippen LogP contribution in [0, 0.1) is 0 Å². The lowest BCUT2D eigenvalue weighted by atomic mass is 10.3. The summed E-state index contributed by atoms with van der Waals surface area (Å²) in [6, 6.07) is 8.57. The van der Waals surface area contributed by atoms with E-state index in [4.69, 9.17) is 4.52 Å². The van der Waals surface area contributed by atoms with Crippen LogP contribution < -0.4 is 5.30 Å². The smallest absolute Gasteiger partial charge is 0.340 e. The summed E-state index contributed by atoms with van der Waals surface area (Å²) >= 11 is 0. The highest BCUT2D eigenvalue weighted by Crippen LogP contribution is 2.48. The SMILES string of the molecule is C=COP(=O)(C(=O)CCCC)c1ccccc1. The summed E-state index contributed by atoms with van der Waals surface area (Å²) < 4.78 is 17.6. The molecule has 1 aromatic carbocycles.